The molecule has 0 atom stereocenters. The molecule has 0 aliphatic rings. The van der Waals surface area contributed by atoms with Crippen molar-refractivity contribution in [3.63, 3.8) is 0 Å². The summed E-state index contributed by atoms with van der Waals surface area (Å²) < 4.78 is 18.2. The molecule has 0 heterocycles. The molecule has 2 amide bonds. The zero-order chi connectivity index (χ0) is 17.3. The van der Waals surface area contributed by atoms with Crippen LogP contribution in [0.3, 0.4) is 0 Å². The summed E-state index contributed by atoms with van der Waals surface area (Å²) in [5.41, 5.74) is -0.502. The van der Waals surface area contributed by atoms with Gasteiger partial charge in [-0.3, -0.25) is 9.59 Å². The summed E-state index contributed by atoms with van der Waals surface area (Å²) >= 11 is 0. The Labute approximate surface area is 136 Å². The summed E-state index contributed by atoms with van der Waals surface area (Å²) in [6, 6.07) is 5.85. The number of nitrogens with one attached hydrogen (secondary N) is 2. The van der Waals surface area contributed by atoms with Crippen molar-refractivity contribution >= 4 is 11.8 Å². The van der Waals surface area contributed by atoms with Gasteiger partial charge in [0.2, 0.25) is 11.8 Å². The first kappa shape index (κ1) is 18.9. The molecule has 2 N–H and O–H groups in total. The third-order valence-corrected chi connectivity index (χ3v) is 3.07. The average molecular weight is 324 g/mol. The van der Waals surface area contributed by atoms with Crippen molar-refractivity contribution in [2.45, 2.75) is 33.6 Å². The van der Waals surface area contributed by atoms with Gasteiger partial charge in [-0.05, 0) is 37.1 Å². The fourth-order valence-corrected chi connectivity index (χ4v) is 1.66. The van der Waals surface area contributed by atoms with E-state index in [2.05, 4.69) is 10.6 Å². The molecule has 0 radical (unpaired) electrons. The van der Waals surface area contributed by atoms with Gasteiger partial charge in [-0.1, -0.05) is 20.8 Å². The number of halogens is 1. The van der Waals surface area contributed by atoms with Crippen LogP contribution in [0, 0.1) is 11.2 Å². The molecule has 1 rings (SSSR count). The lowest BCUT2D eigenvalue weighted by molar-refractivity contribution is -0.131. The molecule has 0 aromatic heterocycles. The predicted molar refractivity (Wildman–Crippen MR) is 86.6 cm³/mol. The van der Waals surface area contributed by atoms with E-state index in [0.29, 0.717) is 18.9 Å². The third kappa shape index (κ3) is 8.18. The summed E-state index contributed by atoms with van der Waals surface area (Å²) in [6.45, 7) is 6.39. The normalized spacial score (nSPS) is 11.0. The summed E-state index contributed by atoms with van der Waals surface area (Å²) in [4.78, 5) is 23.2. The molecule has 0 saturated carbocycles. The van der Waals surface area contributed by atoms with Crippen LogP contribution in [0.15, 0.2) is 24.3 Å². The van der Waals surface area contributed by atoms with Crippen molar-refractivity contribution in [1.82, 2.24) is 10.6 Å². The van der Waals surface area contributed by atoms with Gasteiger partial charge in [0.1, 0.15) is 11.6 Å². The van der Waals surface area contributed by atoms with Crippen molar-refractivity contribution < 1.29 is 18.7 Å². The Morgan fingerprint density at radius 2 is 1.74 bits per heavy atom. The van der Waals surface area contributed by atoms with E-state index in [9.17, 15) is 14.0 Å². The van der Waals surface area contributed by atoms with E-state index in [1.807, 2.05) is 0 Å². The number of amides is 2. The van der Waals surface area contributed by atoms with Crippen LogP contribution in [0.25, 0.3) is 0 Å². The molecule has 0 saturated heterocycles. The van der Waals surface area contributed by atoms with E-state index in [-0.39, 0.29) is 24.2 Å². The molecule has 128 valence electrons. The van der Waals surface area contributed by atoms with E-state index >= 15 is 0 Å². The quantitative estimate of drug-likeness (QED) is 0.721. The van der Waals surface area contributed by atoms with E-state index < -0.39 is 5.41 Å². The van der Waals surface area contributed by atoms with Gasteiger partial charge >= 0.3 is 0 Å². The molecule has 0 bridgehead atoms. The van der Waals surface area contributed by atoms with Crippen molar-refractivity contribution in [2.75, 3.05) is 19.7 Å². The molecule has 0 fully saturated rings. The minimum absolute atomic E-state index is 0.0117. The van der Waals surface area contributed by atoms with Crippen molar-refractivity contribution in [1.29, 1.82) is 0 Å². The Morgan fingerprint density at radius 3 is 2.35 bits per heavy atom. The Balaban J connectivity index is 2.05. The number of ether oxygens (including phenoxy) is 1. The highest BCUT2D eigenvalue weighted by molar-refractivity contribution is 5.87. The Hall–Kier alpha value is -2.11. The smallest absolute Gasteiger partial charge is 0.239 e. The van der Waals surface area contributed by atoms with E-state index in [4.69, 9.17) is 4.74 Å². The highest BCUT2D eigenvalue weighted by atomic mass is 19.1. The number of carbonyl (C=O) groups is 2. The molecule has 0 aliphatic heterocycles. The number of hydrogen-bond acceptors (Lipinski definition) is 3. The van der Waals surface area contributed by atoms with Gasteiger partial charge in [0.05, 0.1) is 13.2 Å². The van der Waals surface area contributed by atoms with Gasteiger partial charge in [-0.25, -0.2) is 4.39 Å². The summed E-state index contributed by atoms with van der Waals surface area (Å²) in [5.74, 6) is -0.0265. The maximum Gasteiger partial charge on any atom is 0.239 e. The second kappa shape index (κ2) is 9.12. The van der Waals surface area contributed by atoms with Crippen LogP contribution in [-0.2, 0) is 9.59 Å². The minimum atomic E-state index is -0.502. The van der Waals surface area contributed by atoms with Crippen LogP contribution in [0.2, 0.25) is 0 Å². The molecule has 23 heavy (non-hydrogen) atoms. The monoisotopic (exact) mass is 324 g/mol. The van der Waals surface area contributed by atoms with Crippen molar-refractivity contribution in [3.05, 3.63) is 30.1 Å². The van der Waals surface area contributed by atoms with Crippen LogP contribution in [0.5, 0.6) is 5.75 Å². The van der Waals surface area contributed by atoms with Crippen LogP contribution in [0.1, 0.15) is 33.6 Å². The fourth-order valence-electron chi connectivity index (χ4n) is 1.66. The first-order valence-electron chi connectivity index (χ1n) is 7.72. The van der Waals surface area contributed by atoms with Crippen LogP contribution >= 0.6 is 0 Å². The molecule has 0 unspecified atom stereocenters. The van der Waals surface area contributed by atoms with Gasteiger partial charge < -0.3 is 15.4 Å². The largest absolute Gasteiger partial charge is 0.494 e. The second-order valence-corrected chi connectivity index (χ2v) is 6.29. The number of hydrogen-bond donors (Lipinski definition) is 2. The molecular formula is C17H25FN2O3. The van der Waals surface area contributed by atoms with Crippen LogP contribution in [-0.4, -0.2) is 31.5 Å². The minimum Gasteiger partial charge on any atom is -0.494 e. The summed E-state index contributed by atoms with van der Waals surface area (Å²) in [7, 11) is 0. The molecule has 0 spiro atoms. The number of unbranched alkanes of at least 4 members (excludes halogenated alkanes) is 1. The topological polar surface area (TPSA) is 67.4 Å². The van der Waals surface area contributed by atoms with Crippen LogP contribution in [0.4, 0.5) is 4.39 Å². The average Bonchev–Trinajstić information content (AvgIpc) is 2.49. The Morgan fingerprint density at radius 1 is 1.09 bits per heavy atom. The van der Waals surface area contributed by atoms with Gasteiger partial charge in [-0.15, -0.1) is 0 Å². The third-order valence-electron chi connectivity index (χ3n) is 3.07. The van der Waals surface area contributed by atoms with E-state index in [0.717, 1.165) is 12.8 Å². The number of carbonyl (C=O) groups excluding carboxylic acids is 2. The fraction of sp³-hybridized carbons (Fsp3) is 0.529. The lowest BCUT2D eigenvalue weighted by Crippen LogP contribution is -2.41. The maximum absolute atomic E-state index is 12.7. The number of rotatable bonds is 8. The van der Waals surface area contributed by atoms with Crippen molar-refractivity contribution in [3.8, 4) is 5.75 Å². The molecular weight excluding hydrogens is 299 g/mol. The zero-order valence-corrected chi connectivity index (χ0v) is 13.9. The first-order valence-corrected chi connectivity index (χ1v) is 7.72. The molecule has 1 aromatic carbocycles. The van der Waals surface area contributed by atoms with E-state index in [1.54, 1.807) is 32.9 Å². The summed E-state index contributed by atoms with van der Waals surface area (Å²) in [6.07, 6.45) is 1.53. The molecule has 0 aliphatic carbocycles. The first-order chi connectivity index (χ1) is 10.8. The lowest BCUT2D eigenvalue weighted by atomic mass is 9.96. The van der Waals surface area contributed by atoms with Gasteiger partial charge in [0.25, 0.3) is 0 Å². The van der Waals surface area contributed by atoms with Gasteiger partial charge in [-0.2, -0.15) is 0 Å². The molecule has 1 aromatic rings. The highest BCUT2D eigenvalue weighted by Gasteiger charge is 2.21. The van der Waals surface area contributed by atoms with E-state index in [1.165, 1.54) is 12.1 Å². The predicted octanol–water partition coefficient (Wildman–Crippen LogP) is 2.26. The highest BCUT2D eigenvalue weighted by Crippen LogP contribution is 2.12. The molecule has 5 nitrogen and oxygen atoms in total. The van der Waals surface area contributed by atoms with Crippen molar-refractivity contribution in [2.24, 2.45) is 5.41 Å². The Kier molecular flexibility index (Phi) is 7.51. The van der Waals surface area contributed by atoms with Gasteiger partial charge in [0, 0.05) is 12.0 Å². The maximum atomic E-state index is 12.7. The lowest BCUT2D eigenvalue weighted by Gasteiger charge is -2.17. The second-order valence-electron chi connectivity index (χ2n) is 6.29. The standard InChI is InChI=1S/C17H25FN2O3/c1-17(2,3)16(22)20-12-15(21)19-10-4-5-11-23-14-8-6-13(18)7-9-14/h6-9H,4-5,10-12H2,1-3H3,(H,19,21)(H,20,22). The SMILES string of the molecule is CC(C)(C)C(=O)NCC(=O)NCCCCOc1ccc(F)cc1. The summed E-state index contributed by atoms with van der Waals surface area (Å²) in [5, 5.41) is 5.33. The van der Waals surface area contributed by atoms with Gasteiger partial charge in [0.15, 0.2) is 0 Å². The van der Waals surface area contributed by atoms with Crippen LogP contribution < -0.4 is 15.4 Å². The Bertz CT molecular complexity index is 510. The zero-order valence-electron chi connectivity index (χ0n) is 13.9. The molecule has 6 heteroatoms. The number of benzene rings is 1.